The van der Waals surface area contributed by atoms with E-state index in [2.05, 4.69) is 40.2 Å². The molecule has 0 aliphatic carbocycles. The summed E-state index contributed by atoms with van der Waals surface area (Å²) in [5, 5.41) is 0. The van der Waals surface area contributed by atoms with E-state index in [9.17, 15) is 13.2 Å². The van der Waals surface area contributed by atoms with Crippen molar-refractivity contribution >= 4 is 5.69 Å². The number of hydrogen-bond acceptors (Lipinski definition) is 4. The Balaban J connectivity index is 1.45. The fraction of sp³-hybridized carbons (Fsp3) is 0.261. The Labute approximate surface area is 173 Å². The van der Waals surface area contributed by atoms with Gasteiger partial charge < -0.3 is 15.4 Å². The van der Waals surface area contributed by atoms with Crippen molar-refractivity contribution in [2.24, 2.45) is 5.73 Å². The molecule has 0 radical (unpaired) electrons. The summed E-state index contributed by atoms with van der Waals surface area (Å²) in [5.74, 6) is 0.202. The molecule has 3 aromatic rings. The van der Waals surface area contributed by atoms with Crippen LogP contribution in [-0.2, 0) is 12.7 Å². The van der Waals surface area contributed by atoms with Crippen LogP contribution in [0.4, 0.5) is 18.9 Å². The van der Waals surface area contributed by atoms with E-state index in [-0.39, 0.29) is 12.0 Å². The molecule has 156 valence electrons. The van der Waals surface area contributed by atoms with Crippen LogP contribution in [0, 0.1) is 0 Å². The van der Waals surface area contributed by atoms with Crippen molar-refractivity contribution < 1.29 is 17.9 Å². The van der Waals surface area contributed by atoms with Crippen LogP contribution >= 0.6 is 0 Å². The minimum Gasteiger partial charge on any atom is -0.472 e. The molecule has 2 N–H and O–H groups in total. The topological polar surface area (TPSA) is 51.4 Å². The van der Waals surface area contributed by atoms with Crippen molar-refractivity contribution in [3.63, 3.8) is 0 Å². The summed E-state index contributed by atoms with van der Waals surface area (Å²) in [6, 6.07) is 18.6. The van der Waals surface area contributed by atoms with Crippen LogP contribution in [0.2, 0.25) is 0 Å². The normalized spacial score (nSPS) is 16.7. The van der Waals surface area contributed by atoms with E-state index in [4.69, 9.17) is 10.5 Å². The molecule has 4 rings (SSSR count). The van der Waals surface area contributed by atoms with Gasteiger partial charge in [-0.1, -0.05) is 36.4 Å². The van der Waals surface area contributed by atoms with Crippen LogP contribution in [-0.4, -0.2) is 24.2 Å². The van der Waals surface area contributed by atoms with Gasteiger partial charge in [-0.05, 0) is 34.9 Å². The molecule has 0 spiro atoms. The summed E-state index contributed by atoms with van der Waals surface area (Å²) in [6.45, 7) is 1.82. The third-order valence-electron chi connectivity index (χ3n) is 5.24. The van der Waals surface area contributed by atoms with Crippen LogP contribution in [0.15, 0.2) is 66.9 Å². The minimum absolute atomic E-state index is 0.145. The number of nitrogens with zero attached hydrogens (tertiary/aromatic N) is 2. The lowest BCUT2D eigenvalue weighted by Crippen LogP contribution is -2.26. The first kappa shape index (κ1) is 20.2. The second-order valence-corrected chi connectivity index (χ2v) is 7.27. The van der Waals surface area contributed by atoms with E-state index >= 15 is 0 Å². The highest BCUT2D eigenvalue weighted by molar-refractivity contribution is 5.69. The zero-order valence-corrected chi connectivity index (χ0v) is 16.3. The number of pyridine rings is 1. The Morgan fingerprint density at radius 2 is 1.83 bits per heavy atom. The molecular formula is C23H22F3N3O. The number of anilines is 1. The van der Waals surface area contributed by atoms with Crippen LogP contribution in [0.5, 0.6) is 5.88 Å². The molecule has 2 heterocycles. The van der Waals surface area contributed by atoms with Crippen molar-refractivity contribution in [2.75, 3.05) is 18.0 Å². The number of rotatable bonds is 5. The summed E-state index contributed by atoms with van der Waals surface area (Å²) in [6.07, 6.45) is -2.99. The molecule has 7 heteroatoms. The van der Waals surface area contributed by atoms with Crippen molar-refractivity contribution in [3.8, 4) is 17.0 Å². The number of aromatic nitrogens is 1. The monoisotopic (exact) mass is 413 g/mol. The Bertz CT molecular complexity index is 991. The lowest BCUT2D eigenvalue weighted by Gasteiger charge is -2.22. The molecule has 0 amide bonds. The SMILES string of the molecule is NCc1cc(-c2ccccc2)ccc1N1CC[C@@H](Oc2ccc(C(F)(F)F)cn2)C1. The average molecular weight is 413 g/mol. The second-order valence-electron chi connectivity index (χ2n) is 7.27. The molecule has 0 unspecified atom stereocenters. The van der Waals surface area contributed by atoms with Gasteiger partial charge in [-0.2, -0.15) is 13.2 Å². The quantitative estimate of drug-likeness (QED) is 0.648. The first-order valence-electron chi connectivity index (χ1n) is 9.77. The van der Waals surface area contributed by atoms with Gasteiger partial charge in [-0.15, -0.1) is 0 Å². The molecule has 1 atom stereocenters. The number of hydrogen-bond donors (Lipinski definition) is 1. The number of benzene rings is 2. The molecule has 2 aromatic carbocycles. The molecule has 0 bridgehead atoms. The first-order valence-corrected chi connectivity index (χ1v) is 9.77. The van der Waals surface area contributed by atoms with Gasteiger partial charge in [0.15, 0.2) is 0 Å². The highest BCUT2D eigenvalue weighted by Crippen LogP contribution is 2.32. The predicted molar refractivity (Wildman–Crippen MR) is 110 cm³/mol. The molecular weight excluding hydrogens is 391 g/mol. The van der Waals surface area contributed by atoms with E-state index in [1.807, 2.05) is 18.2 Å². The Hall–Kier alpha value is -3.06. The van der Waals surface area contributed by atoms with Gasteiger partial charge >= 0.3 is 6.18 Å². The zero-order chi connectivity index (χ0) is 21.1. The lowest BCUT2D eigenvalue weighted by molar-refractivity contribution is -0.137. The number of nitrogens with two attached hydrogens (primary N) is 1. The predicted octanol–water partition coefficient (Wildman–Crippen LogP) is 4.88. The van der Waals surface area contributed by atoms with E-state index in [1.54, 1.807) is 0 Å². The second kappa shape index (κ2) is 8.36. The van der Waals surface area contributed by atoms with Gasteiger partial charge in [0.05, 0.1) is 12.1 Å². The molecule has 30 heavy (non-hydrogen) atoms. The molecule has 1 fully saturated rings. The van der Waals surface area contributed by atoms with Crippen molar-refractivity contribution in [1.82, 2.24) is 4.98 Å². The summed E-state index contributed by atoms with van der Waals surface area (Å²) >= 11 is 0. The lowest BCUT2D eigenvalue weighted by atomic mass is 10.0. The standard InChI is InChI=1S/C23H22F3N3O/c24-23(25,26)19-7-9-22(28-14-19)30-20-10-11-29(15-20)21-8-6-17(12-18(21)13-27)16-4-2-1-3-5-16/h1-9,12,14,20H,10-11,13,15,27H2/t20-/m1/s1. The maximum atomic E-state index is 12.7. The van der Waals surface area contributed by atoms with Gasteiger partial charge in [-0.25, -0.2) is 4.98 Å². The highest BCUT2D eigenvalue weighted by atomic mass is 19.4. The summed E-state index contributed by atoms with van der Waals surface area (Å²) in [4.78, 5) is 6.00. The van der Waals surface area contributed by atoms with Crippen LogP contribution in [0.1, 0.15) is 17.5 Å². The van der Waals surface area contributed by atoms with Gasteiger partial charge in [-0.3, -0.25) is 0 Å². The fourth-order valence-electron chi connectivity index (χ4n) is 3.70. The average Bonchev–Trinajstić information content (AvgIpc) is 3.22. The van der Waals surface area contributed by atoms with Crippen LogP contribution in [0.25, 0.3) is 11.1 Å². The number of alkyl halides is 3. The van der Waals surface area contributed by atoms with Crippen molar-refractivity contribution in [1.29, 1.82) is 0 Å². The van der Waals surface area contributed by atoms with E-state index < -0.39 is 11.7 Å². The molecule has 1 saturated heterocycles. The van der Waals surface area contributed by atoms with Crippen LogP contribution < -0.4 is 15.4 Å². The van der Waals surface area contributed by atoms with Gasteiger partial charge in [0.2, 0.25) is 5.88 Å². The first-order chi connectivity index (χ1) is 14.4. The summed E-state index contributed by atoms with van der Waals surface area (Å²) in [7, 11) is 0. The zero-order valence-electron chi connectivity index (χ0n) is 16.3. The highest BCUT2D eigenvalue weighted by Gasteiger charge is 2.31. The van der Waals surface area contributed by atoms with Gasteiger partial charge in [0.25, 0.3) is 0 Å². The molecule has 1 aromatic heterocycles. The Morgan fingerprint density at radius 3 is 2.50 bits per heavy atom. The summed E-state index contributed by atoms with van der Waals surface area (Å²) < 4.78 is 43.8. The third kappa shape index (κ3) is 4.41. The van der Waals surface area contributed by atoms with E-state index in [0.717, 1.165) is 47.6 Å². The maximum absolute atomic E-state index is 12.7. The molecule has 1 aliphatic rings. The number of ether oxygens (including phenoxy) is 1. The van der Waals surface area contributed by atoms with E-state index in [1.165, 1.54) is 6.07 Å². The number of halogens is 3. The van der Waals surface area contributed by atoms with Crippen LogP contribution in [0.3, 0.4) is 0 Å². The van der Waals surface area contributed by atoms with Crippen molar-refractivity contribution in [3.05, 3.63) is 78.0 Å². The minimum atomic E-state index is -4.40. The third-order valence-corrected chi connectivity index (χ3v) is 5.24. The smallest absolute Gasteiger partial charge is 0.417 e. The maximum Gasteiger partial charge on any atom is 0.417 e. The van der Waals surface area contributed by atoms with Gasteiger partial charge in [0.1, 0.15) is 6.10 Å². The Kier molecular flexibility index (Phi) is 5.63. The van der Waals surface area contributed by atoms with Crippen molar-refractivity contribution in [2.45, 2.75) is 25.2 Å². The molecule has 4 nitrogen and oxygen atoms in total. The van der Waals surface area contributed by atoms with Gasteiger partial charge in [0, 0.05) is 37.5 Å². The Morgan fingerprint density at radius 1 is 1.03 bits per heavy atom. The van der Waals surface area contributed by atoms with E-state index in [0.29, 0.717) is 13.1 Å². The summed E-state index contributed by atoms with van der Waals surface area (Å²) in [5.41, 5.74) is 9.58. The largest absolute Gasteiger partial charge is 0.472 e. The molecule has 1 aliphatic heterocycles. The molecule has 0 saturated carbocycles. The fourth-order valence-corrected chi connectivity index (χ4v) is 3.70.